The second-order valence-electron chi connectivity index (χ2n) is 5.33. The zero-order valence-electron chi connectivity index (χ0n) is 12.0. The normalized spacial score (nSPS) is 16.9. The van der Waals surface area contributed by atoms with Gasteiger partial charge < -0.3 is 8.98 Å². The lowest BCUT2D eigenvalue weighted by Crippen LogP contribution is -1.96. The average Bonchev–Trinajstić information content (AvgIpc) is 3.22. The molecule has 0 bridgehead atoms. The van der Waals surface area contributed by atoms with Crippen molar-refractivity contribution >= 4 is 11.8 Å². The average molecular weight is 315 g/mol. The van der Waals surface area contributed by atoms with Crippen LogP contribution < -0.4 is 0 Å². The van der Waals surface area contributed by atoms with E-state index in [4.69, 9.17) is 4.42 Å². The van der Waals surface area contributed by atoms with Crippen molar-refractivity contribution in [2.75, 3.05) is 0 Å². The molecule has 0 radical (unpaired) electrons. The second-order valence-corrected chi connectivity index (χ2v) is 6.50. The summed E-state index contributed by atoms with van der Waals surface area (Å²) in [6.07, 6.45) is 3.59. The number of halogens is 1. The Balaban J connectivity index is 1.62. The lowest BCUT2D eigenvalue weighted by molar-refractivity contribution is 0.572. The summed E-state index contributed by atoms with van der Waals surface area (Å²) in [5.74, 6) is 1.21. The molecule has 0 saturated carbocycles. The predicted molar refractivity (Wildman–Crippen MR) is 82.0 cm³/mol. The van der Waals surface area contributed by atoms with Crippen LogP contribution in [0.3, 0.4) is 0 Å². The Hall–Kier alpha value is -2.08. The molecule has 2 aromatic heterocycles. The van der Waals surface area contributed by atoms with Crippen LogP contribution in [0.5, 0.6) is 0 Å². The van der Waals surface area contributed by atoms with Gasteiger partial charge in [-0.15, -0.1) is 10.2 Å². The molecule has 1 atom stereocenters. The van der Waals surface area contributed by atoms with Crippen molar-refractivity contribution < 1.29 is 8.81 Å². The van der Waals surface area contributed by atoms with Crippen LogP contribution in [0, 0.1) is 5.82 Å². The highest BCUT2D eigenvalue weighted by atomic mass is 32.2. The monoisotopic (exact) mass is 315 g/mol. The Morgan fingerprint density at radius 3 is 3.05 bits per heavy atom. The van der Waals surface area contributed by atoms with Crippen molar-refractivity contribution in [3.05, 3.63) is 53.5 Å². The van der Waals surface area contributed by atoms with Crippen LogP contribution in [-0.2, 0) is 13.5 Å². The van der Waals surface area contributed by atoms with E-state index >= 15 is 0 Å². The third-order valence-electron chi connectivity index (χ3n) is 3.95. The molecule has 0 fully saturated rings. The number of aromatic nitrogens is 3. The minimum Gasteiger partial charge on any atom is -0.461 e. The number of aryl methyl sites for hydroxylation is 1. The van der Waals surface area contributed by atoms with E-state index in [-0.39, 0.29) is 11.1 Å². The molecule has 2 heterocycles. The number of benzene rings is 1. The Morgan fingerprint density at radius 2 is 2.23 bits per heavy atom. The quantitative estimate of drug-likeness (QED) is 0.733. The number of rotatable bonds is 3. The van der Waals surface area contributed by atoms with Gasteiger partial charge in [0.1, 0.15) is 5.82 Å². The van der Waals surface area contributed by atoms with Gasteiger partial charge >= 0.3 is 0 Å². The number of furan rings is 1. The zero-order valence-corrected chi connectivity index (χ0v) is 12.8. The summed E-state index contributed by atoms with van der Waals surface area (Å²) in [5.41, 5.74) is 2.31. The fraction of sp³-hybridized carbons (Fsp3) is 0.250. The van der Waals surface area contributed by atoms with Gasteiger partial charge in [-0.1, -0.05) is 17.8 Å². The van der Waals surface area contributed by atoms with Crippen LogP contribution in [0.2, 0.25) is 0 Å². The van der Waals surface area contributed by atoms with E-state index < -0.39 is 0 Å². The molecule has 112 valence electrons. The van der Waals surface area contributed by atoms with E-state index in [1.807, 2.05) is 29.8 Å². The maximum atomic E-state index is 13.5. The van der Waals surface area contributed by atoms with Gasteiger partial charge in [-0.25, -0.2) is 4.39 Å². The van der Waals surface area contributed by atoms with Crippen molar-refractivity contribution in [2.24, 2.45) is 7.05 Å². The molecule has 0 spiro atoms. The lowest BCUT2D eigenvalue weighted by atomic mass is 10.1. The third kappa shape index (κ3) is 2.23. The highest BCUT2D eigenvalue weighted by molar-refractivity contribution is 7.99. The molecule has 1 aliphatic carbocycles. The summed E-state index contributed by atoms with van der Waals surface area (Å²) >= 11 is 1.63. The summed E-state index contributed by atoms with van der Waals surface area (Å²) in [6.45, 7) is 0. The number of fused-ring (bicyclic) bond motifs is 1. The van der Waals surface area contributed by atoms with Crippen LogP contribution in [0.4, 0.5) is 4.39 Å². The van der Waals surface area contributed by atoms with Crippen molar-refractivity contribution in [3.63, 3.8) is 0 Å². The molecule has 0 N–H and O–H groups in total. The van der Waals surface area contributed by atoms with Crippen LogP contribution in [0.1, 0.15) is 22.8 Å². The maximum Gasteiger partial charge on any atom is 0.200 e. The first kappa shape index (κ1) is 13.6. The van der Waals surface area contributed by atoms with E-state index in [1.165, 1.54) is 11.6 Å². The van der Waals surface area contributed by atoms with Gasteiger partial charge in [-0.2, -0.15) is 0 Å². The maximum absolute atomic E-state index is 13.5. The van der Waals surface area contributed by atoms with Crippen LogP contribution >= 0.6 is 11.8 Å². The van der Waals surface area contributed by atoms with Gasteiger partial charge in [0.25, 0.3) is 0 Å². The molecule has 1 aliphatic rings. The van der Waals surface area contributed by atoms with Gasteiger partial charge in [0.05, 0.1) is 6.26 Å². The Bertz CT molecular complexity index is 813. The summed E-state index contributed by atoms with van der Waals surface area (Å²) in [4.78, 5) is 0. The first-order valence-electron chi connectivity index (χ1n) is 7.10. The topological polar surface area (TPSA) is 43.9 Å². The van der Waals surface area contributed by atoms with Gasteiger partial charge in [-0.05, 0) is 48.2 Å². The lowest BCUT2D eigenvalue weighted by Gasteiger charge is -2.10. The van der Waals surface area contributed by atoms with Crippen molar-refractivity contribution in [2.45, 2.75) is 23.2 Å². The third-order valence-corrected chi connectivity index (χ3v) is 5.30. The standard InChI is InChI=1S/C16H14FN3OS/c1-20-15(13-3-2-8-21-13)18-19-16(20)22-14-7-5-10-4-6-11(17)9-12(10)14/h2-4,6,8-9,14H,5,7H2,1H3/t14-/m1/s1. The fourth-order valence-electron chi connectivity index (χ4n) is 2.82. The summed E-state index contributed by atoms with van der Waals surface area (Å²) in [5, 5.41) is 9.48. The number of hydrogen-bond acceptors (Lipinski definition) is 4. The second kappa shape index (κ2) is 5.28. The van der Waals surface area contributed by atoms with Gasteiger partial charge in [0, 0.05) is 12.3 Å². The van der Waals surface area contributed by atoms with E-state index in [1.54, 1.807) is 24.1 Å². The van der Waals surface area contributed by atoms with Crippen LogP contribution in [0.15, 0.2) is 46.2 Å². The van der Waals surface area contributed by atoms with Crippen LogP contribution in [0.25, 0.3) is 11.6 Å². The molecule has 4 rings (SSSR count). The highest BCUT2D eigenvalue weighted by Crippen LogP contribution is 2.44. The Morgan fingerprint density at radius 1 is 1.32 bits per heavy atom. The van der Waals surface area contributed by atoms with Crippen molar-refractivity contribution in [3.8, 4) is 11.6 Å². The molecule has 0 unspecified atom stereocenters. The molecule has 6 heteroatoms. The smallest absolute Gasteiger partial charge is 0.200 e. The zero-order chi connectivity index (χ0) is 15.1. The summed E-state index contributed by atoms with van der Waals surface area (Å²) in [6, 6.07) is 8.74. The van der Waals surface area contributed by atoms with Gasteiger partial charge in [0.2, 0.25) is 0 Å². The van der Waals surface area contributed by atoms with E-state index in [0.29, 0.717) is 11.6 Å². The number of hydrogen-bond donors (Lipinski definition) is 0. The minimum atomic E-state index is -0.180. The Kier molecular flexibility index (Phi) is 3.26. The minimum absolute atomic E-state index is 0.180. The molecule has 0 amide bonds. The number of nitrogens with zero attached hydrogens (tertiary/aromatic N) is 3. The summed E-state index contributed by atoms with van der Waals surface area (Å²) in [7, 11) is 1.92. The molecule has 0 saturated heterocycles. The van der Waals surface area contributed by atoms with E-state index in [9.17, 15) is 4.39 Å². The van der Waals surface area contributed by atoms with E-state index in [2.05, 4.69) is 10.2 Å². The highest BCUT2D eigenvalue weighted by Gasteiger charge is 2.26. The van der Waals surface area contributed by atoms with Gasteiger partial charge in [0.15, 0.2) is 16.7 Å². The fourth-order valence-corrected chi connectivity index (χ4v) is 3.99. The number of thioether (sulfide) groups is 1. The molecular formula is C16H14FN3OS. The predicted octanol–water partition coefficient (Wildman–Crippen LogP) is 3.99. The van der Waals surface area contributed by atoms with Crippen molar-refractivity contribution in [1.29, 1.82) is 0 Å². The Labute approximate surface area is 131 Å². The molecular weight excluding hydrogens is 301 g/mol. The molecule has 1 aromatic carbocycles. The van der Waals surface area contributed by atoms with Gasteiger partial charge in [-0.3, -0.25) is 0 Å². The molecule has 22 heavy (non-hydrogen) atoms. The van der Waals surface area contributed by atoms with Crippen molar-refractivity contribution in [1.82, 2.24) is 14.8 Å². The molecule has 0 aliphatic heterocycles. The molecule has 4 nitrogen and oxygen atoms in total. The first-order valence-corrected chi connectivity index (χ1v) is 7.98. The van der Waals surface area contributed by atoms with Crippen LogP contribution in [-0.4, -0.2) is 14.8 Å². The SMILES string of the molecule is Cn1c(S[C@@H]2CCc3ccc(F)cc32)nnc1-c1ccco1. The summed E-state index contributed by atoms with van der Waals surface area (Å²) < 4.78 is 20.8. The first-order chi connectivity index (χ1) is 10.7. The largest absolute Gasteiger partial charge is 0.461 e. The molecule has 3 aromatic rings. The van der Waals surface area contributed by atoms with E-state index in [0.717, 1.165) is 23.6 Å².